The van der Waals surface area contributed by atoms with Crippen LogP contribution in [-0.4, -0.2) is 8.07 Å². The van der Waals surface area contributed by atoms with Gasteiger partial charge in [0.2, 0.25) is 0 Å². The lowest BCUT2D eigenvalue weighted by Crippen LogP contribution is -2.15. The van der Waals surface area contributed by atoms with Crippen molar-refractivity contribution in [1.82, 2.24) is 0 Å². The fraction of sp³-hybridized carbons (Fsp3) is 0.778. The van der Waals surface area contributed by atoms with E-state index in [2.05, 4.69) is 45.3 Å². The van der Waals surface area contributed by atoms with E-state index in [0.717, 1.165) is 5.92 Å². The van der Waals surface area contributed by atoms with Crippen molar-refractivity contribution in [2.75, 3.05) is 0 Å². The van der Waals surface area contributed by atoms with Crippen LogP contribution in [0.3, 0.4) is 0 Å². The van der Waals surface area contributed by atoms with Crippen molar-refractivity contribution in [2.45, 2.75) is 39.9 Å². The molecule has 0 bridgehead atoms. The van der Waals surface area contributed by atoms with Gasteiger partial charge in [-0.3, -0.25) is 0 Å². The van der Waals surface area contributed by atoms with Crippen LogP contribution in [-0.2, 0) is 0 Å². The molecule has 0 aromatic rings. The van der Waals surface area contributed by atoms with E-state index in [1.165, 1.54) is 6.42 Å². The first-order valence-electron chi connectivity index (χ1n) is 4.15. The van der Waals surface area contributed by atoms with Gasteiger partial charge in [-0.05, 0) is 5.92 Å². The van der Waals surface area contributed by atoms with Gasteiger partial charge < -0.3 is 0 Å². The Hall–Kier alpha value is -0.0431. The maximum Gasteiger partial charge on any atom is 0.0682 e. The smallest absolute Gasteiger partial charge is 0.0682 e. The molecule has 1 unspecified atom stereocenters. The highest BCUT2D eigenvalue weighted by atomic mass is 28.3. The molecule has 0 aliphatic rings. The summed E-state index contributed by atoms with van der Waals surface area (Å²) >= 11 is 0. The molecule has 0 nitrogen and oxygen atoms in total. The Kier molecular flexibility index (Phi) is 3.95. The molecular weight excluding hydrogens is 136 g/mol. The Morgan fingerprint density at radius 1 is 1.30 bits per heavy atom. The molecule has 0 saturated heterocycles. The van der Waals surface area contributed by atoms with Crippen LogP contribution in [0.25, 0.3) is 0 Å². The summed E-state index contributed by atoms with van der Waals surface area (Å²) < 4.78 is 0. The summed E-state index contributed by atoms with van der Waals surface area (Å²) in [6.45, 7) is 11.6. The molecule has 0 aliphatic heterocycles. The van der Waals surface area contributed by atoms with E-state index in [1.807, 2.05) is 0 Å². The normalized spacial score (nSPS) is 16.1. The standard InChI is InChI=1S/C9H20Si/c1-6-9(2)7-8-10(3,4)5/h7-9H,6H2,1-5H3/b8-7+. The third-order valence-electron chi connectivity index (χ3n) is 1.57. The first-order valence-corrected chi connectivity index (χ1v) is 7.73. The van der Waals surface area contributed by atoms with E-state index < -0.39 is 8.07 Å². The molecule has 0 amide bonds. The average Bonchev–Trinajstić information content (AvgIpc) is 1.81. The number of hydrogen-bond donors (Lipinski definition) is 0. The minimum absolute atomic E-state index is 0.770. The van der Waals surface area contributed by atoms with Gasteiger partial charge in [0.15, 0.2) is 0 Å². The Morgan fingerprint density at radius 3 is 2.10 bits per heavy atom. The third kappa shape index (κ3) is 6.08. The quantitative estimate of drug-likeness (QED) is 0.549. The van der Waals surface area contributed by atoms with E-state index >= 15 is 0 Å². The number of rotatable bonds is 3. The van der Waals surface area contributed by atoms with Crippen LogP contribution in [0.4, 0.5) is 0 Å². The van der Waals surface area contributed by atoms with Gasteiger partial charge in [0.05, 0.1) is 8.07 Å². The maximum absolute atomic E-state index is 2.43. The molecule has 0 spiro atoms. The second kappa shape index (κ2) is 3.97. The zero-order valence-corrected chi connectivity index (χ0v) is 8.94. The molecule has 0 rings (SSSR count). The largest absolute Gasteiger partial charge is 0.0987 e. The van der Waals surface area contributed by atoms with Gasteiger partial charge in [-0.15, -0.1) is 0 Å². The Balaban J connectivity index is 3.75. The van der Waals surface area contributed by atoms with Crippen molar-refractivity contribution < 1.29 is 0 Å². The summed E-state index contributed by atoms with van der Waals surface area (Å²) in [5.74, 6) is 0.770. The van der Waals surface area contributed by atoms with Crippen molar-refractivity contribution in [3.8, 4) is 0 Å². The van der Waals surface area contributed by atoms with Gasteiger partial charge >= 0.3 is 0 Å². The van der Waals surface area contributed by atoms with Gasteiger partial charge in [0, 0.05) is 0 Å². The Labute approximate surface area is 66.4 Å². The molecule has 0 N–H and O–H groups in total. The highest BCUT2D eigenvalue weighted by molar-refractivity contribution is 6.80. The fourth-order valence-electron chi connectivity index (χ4n) is 0.589. The van der Waals surface area contributed by atoms with Gasteiger partial charge in [0.25, 0.3) is 0 Å². The summed E-state index contributed by atoms with van der Waals surface area (Å²) in [6, 6.07) is 0. The number of allylic oxidation sites excluding steroid dienone is 1. The average molecular weight is 156 g/mol. The minimum atomic E-state index is -0.917. The predicted molar refractivity (Wildman–Crippen MR) is 51.9 cm³/mol. The molecule has 0 heterocycles. The van der Waals surface area contributed by atoms with E-state index in [1.54, 1.807) is 0 Å². The summed E-state index contributed by atoms with van der Waals surface area (Å²) in [6.07, 6.45) is 3.63. The summed E-state index contributed by atoms with van der Waals surface area (Å²) in [4.78, 5) is 0. The SMILES string of the molecule is CCC(C)/C=C/[Si](C)(C)C. The lowest BCUT2D eigenvalue weighted by molar-refractivity contribution is 0.699. The van der Waals surface area contributed by atoms with Crippen molar-refractivity contribution in [1.29, 1.82) is 0 Å². The highest BCUT2D eigenvalue weighted by Crippen LogP contribution is 2.07. The van der Waals surface area contributed by atoms with E-state index in [-0.39, 0.29) is 0 Å². The second-order valence-corrected chi connectivity index (χ2v) is 9.18. The predicted octanol–water partition coefficient (Wildman–Crippen LogP) is 3.47. The first kappa shape index (κ1) is 9.96. The van der Waals surface area contributed by atoms with Crippen molar-refractivity contribution in [3.63, 3.8) is 0 Å². The third-order valence-corrected chi connectivity index (χ3v) is 2.76. The monoisotopic (exact) mass is 156 g/mol. The van der Waals surface area contributed by atoms with Gasteiger partial charge in [-0.1, -0.05) is 51.7 Å². The van der Waals surface area contributed by atoms with Gasteiger partial charge in [0.1, 0.15) is 0 Å². The van der Waals surface area contributed by atoms with Crippen LogP contribution in [0, 0.1) is 5.92 Å². The topological polar surface area (TPSA) is 0 Å². The van der Waals surface area contributed by atoms with E-state index in [0.29, 0.717) is 0 Å². The van der Waals surface area contributed by atoms with Crippen LogP contribution < -0.4 is 0 Å². The maximum atomic E-state index is 2.43. The summed E-state index contributed by atoms with van der Waals surface area (Å²) in [5.41, 5.74) is 2.43. The minimum Gasteiger partial charge on any atom is -0.0987 e. The van der Waals surface area contributed by atoms with Crippen molar-refractivity contribution >= 4 is 8.07 Å². The van der Waals surface area contributed by atoms with E-state index in [9.17, 15) is 0 Å². The molecule has 0 aliphatic carbocycles. The zero-order chi connectivity index (χ0) is 8.20. The molecule has 1 atom stereocenters. The van der Waals surface area contributed by atoms with E-state index in [4.69, 9.17) is 0 Å². The van der Waals surface area contributed by atoms with Crippen molar-refractivity contribution in [2.24, 2.45) is 5.92 Å². The molecule has 0 radical (unpaired) electrons. The van der Waals surface area contributed by atoms with Crippen LogP contribution >= 0.6 is 0 Å². The number of hydrogen-bond acceptors (Lipinski definition) is 0. The zero-order valence-electron chi connectivity index (χ0n) is 7.94. The Bertz CT molecular complexity index is 108. The molecule has 1 heteroatoms. The summed E-state index contributed by atoms with van der Waals surface area (Å²) in [7, 11) is -0.917. The molecule has 0 aromatic heterocycles. The molecule has 0 saturated carbocycles. The molecular formula is C9H20Si. The summed E-state index contributed by atoms with van der Waals surface area (Å²) in [5, 5.41) is 0. The molecule has 0 fully saturated rings. The fourth-order valence-corrected chi connectivity index (χ4v) is 1.49. The van der Waals surface area contributed by atoms with Crippen LogP contribution in [0.1, 0.15) is 20.3 Å². The Morgan fingerprint density at radius 2 is 1.80 bits per heavy atom. The molecule has 0 aromatic carbocycles. The van der Waals surface area contributed by atoms with Crippen LogP contribution in [0.2, 0.25) is 19.6 Å². The molecule has 10 heavy (non-hydrogen) atoms. The van der Waals surface area contributed by atoms with Crippen LogP contribution in [0.15, 0.2) is 11.8 Å². The van der Waals surface area contributed by atoms with Crippen molar-refractivity contribution in [3.05, 3.63) is 11.8 Å². The molecule has 60 valence electrons. The lowest BCUT2D eigenvalue weighted by atomic mass is 10.1. The second-order valence-electron chi connectivity index (χ2n) is 4.11. The van der Waals surface area contributed by atoms with Gasteiger partial charge in [-0.2, -0.15) is 0 Å². The van der Waals surface area contributed by atoms with Crippen LogP contribution in [0.5, 0.6) is 0 Å². The van der Waals surface area contributed by atoms with Gasteiger partial charge in [-0.25, -0.2) is 0 Å². The first-order chi connectivity index (χ1) is 4.45. The highest BCUT2D eigenvalue weighted by Gasteiger charge is 2.06. The lowest BCUT2D eigenvalue weighted by Gasteiger charge is -2.09.